The number of amides is 1. The van der Waals surface area contributed by atoms with Crippen molar-refractivity contribution in [2.75, 3.05) is 5.32 Å². The number of rotatable bonds is 4. The number of aryl methyl sites for hydroxylation is 1. The molecule has 2 aromatic carbocycles. The molecule has 0 saturated heterocycles. The van der Waals surface area contributed by atoms with Crippen molar-refractivity contribution >= 4 is 44.6 Å². The molecule has 1 amide bonds. The van der Waals surface area contributed by atoms with Crippen LogP contribution in [0.15, 0.2) is 54.9 Å². The molecule has 28 heavy (non-hydrogen) atoms. The van der Waals surface area contributed by atoms with Crippen LogP contribution in [0.2, 0.25) is 5.02 Å². The second-order valence-corrected chi connectivity index (χ2v) is 7.38. The van der Waals surface area contributed by atoms with Gasteiger partial charge in [-0.3, -0.25) is 4.79 Å². The number of nitrogens with zero attached hydrogens (tertiary/aromatic N) is 2. The average molecular weight is 414 g/mol. The summed E-state index contributed by atoms with van der Waals surface area (Å²) in [6.07, 6.45) is 3.18. The van der Waals surface area contributed by atoms with Gasteiger partial charge in [-0.2, -0.15) is 0 Å². The Morgan fingerprint density at radius 2 is 1.96 bits per heavy atom. The lowest BCUT2D eigenvalue weighted by Crippen LogP contribution is -2.11. The van der Waals surface area contributed by atoms with Crippen LogP contribution in [0, 0.1) is 12.7 Å². The number of nitrogens with one attached hydrogen (secondary N) is 1. The highest BCUT2D eigenvalue weighted by atomic mass is 35.5. The lowest BCUT2D eigenvalue weighted by molar-refractivity contribution is 0.103. The molecule has 0 aliphatic rings. The molecule has 8 heteroatoms. The number of carbonyl (C=O) groups excluding carboxylic acids is 1. The molecule has 2 heterocycles. The molecule has 0 spiro atoms. The number of hydrogen-bond donors (Lipinski definition) is 1. The van der Waals surface area contributed by atoms with Crippen LogP contribution in [0.25, 0.3) is 10.1 Å². The van der Waals surface area contributed by atoms with E-state index in [-0.39, 0.29) is 17.7 Å². The summed E-state index contributed by atoms with van der Waals surface area (Å²) in [7, 11) is 0. The van der Waals surface area contributed by atoms with Gasteiger partial charge in [0.25, 0.3) is 5.91 Å². The number of benzene rings is 2. The number of fused-ring (bicyclic) bond motifs is 1. The normalized spacial score (nSPS) is 10.8. The number of aromatic nitrogens is 2. The fraction of sp³-hybridized carbons (Fsp3) is 0.0500. The molecule has 0 radical (unpaired) electrons. The zero-order valence-electron chi connectivity index (χ0n) is 14.6. The largest absolute Gasteiger partial charge is 0.424 e. The van der Waals surface area contributed by atoms with Crippen LogP contribution >= 0.6 is 22.9 Å². The molecule has 0 bridgehead atoms. The maximum absolute atomic E-state index is 13.4. The zero-order valence-corrected chi connectivity index (χ0v) is 16.1. The molecule has 140 valence electrons. The minimum atomic E-state index is -0.369. The topological polar surface area (TPSA) is 64.1 Å². The Kier molecular flexibility index (Phi) is 4.93. The smallest absolute Gasteiger partial charge is 0.321 e. The molecule has 0 atom stereocenters. The van der Waals surface area contributed by atoms with E-state index < -0.39 is 0 Å². The van der Waals surface area contributed by atoms with Crippen molar-refractivity contribution in [3.63, 3.8) is 0 Å². The van der Waals surface area contributed by atoms with Crippen LogP contribution in [0.1, 0.15) is 15.2 Å². The number of thiophene rings is 1. The summed E-state index contributed by atoms with van der Waals surface area (Å²) in [5.74, 6) is -0.168. The monoisotopic (exact) mass is 413 g/mol. The van der Waals surface area contributed by atoms with E-state index in [2.05, 4.69) is 15.3 Å². The summed E-state index contributed by atoms with van der Waals surface area (Å²) >= 11 is 7.47. The molecule has 4 rings (SSSR count). The van der Waals surface area contributed by atoms with Gasteiger partial charge in [-0.1, -0.05) is 11.6 Å². The lowest BCUT2D eigenvalue weighted by atomic mass is 10.2. The van der Waals surface area contributed by atoms with Crippen LogP contribution in [-0.2, 0) is 0 Å². The highest BCUT2D eigenvalue weighted by molar-refractivity contribution is 7.21. The molecule has 1 N–H and O–H groups in total. The first kappa shape index (κ1) is 18.3. The quantitative estimate of drug-likeness (QED) is 0.456. The van der Waals surface area contributed by atoms with Crippen molar-refractivity contribution in [1.29, 1.82) is 0 Å². The van der Waals surface area contributed by atoms with Gasteiger partial charge in [0, 0.05) is 28.2 Å². The van der Waals surface area contributed by atoms with E-state index in [9.17, 15) is 9.18 Å². The molecule has 0 fully saturated rings. The third-order valence-electron chi connectivity index (χ3n) is 4.00. The average Bonchev–Trinajstić information content (AvgIpc) is 3.00. The van der Waals surface area contributed by atoms with Gasteiger partial charge in [-0.05, 0) is 55.0 Å². The van der Waals surface area contributed by atoms with Gasteiger partial charge < -0.3 is 10.1 Å². The van der Waals surface area contributed by atoms with Crippen LogP contribution in [-0.4, -0.2) is 15.9 Å². The minimum Gasteiger partial charge on any atom is -0.424 e. The Labute approximate surface area is 168 Å². The molecule has 0 aliphatic heterocycles. The van der Waals surface area contributed by atoms with E-state index in [1.165, 1.54) is 12.1 Å². The van der Waals surface area contributed by atoms with Gasteiger partial charge in [0.1, 0.15) is 16.4 Å². The standard InChI is InChI=1S/C20H13ClFN3O2S/c1-11-9-13(27-20-23-7-2-8-24-20)4-6-15(11)25-19(26)18-17(21)14-5-3-12(22)10-16(14)28-18/h2-10H,1H3,(H,25,26). The van der Waals surface area contributed by atoms with Crippen molar-refractivity contribution in [3.05, 3.63) is 76.1 Å². The predicted octanol–water partition coefficient (Wildman–Crippen LogP) is 5.84. The minimum absolute atomic E-state index is 0.239. The van der Waals surface area contributed by atoms with Crippen LogP contribution < -0.4 is 10.1 Å². The number of ether oxygens (including phenoxy) is 1. The Morgan fingerprint density at radius 1 is 1.18 bits per heavy atom. The Balaban J connectivity index is 1.55. The lowest BCUT2D eigenvalue weighted by Gasteiger charge is -2.10. The summed E-state index contributed by atoms with van der Waals surface area (Å²) in [6.45, 7) is 1.84. The third-order valence-corrected chi connectivity index (χ3v) is 5.65. The molecule has 5 nitrogen and oxygen atoms in total. The molecular formula is C20H13ClFN3O2S. The van der Waals surface area contributed by atoms with E-state index >= 15 is 0 Å². The van der Waals surface area contributed by atoms with E-state index in [1.54, 1.807) is 42.7 Å². The second-order valence-electron chi connectivity index (χ2n) is 5.95. The van der Waals surface area contributed by atoms with Gasteiger partial charge in [0.05, 0.1) is 5.02 Å². The fourth-order valence-corrected chi connectivity index (χ4v) is 4.08. The van der Waals surface area contributed by atoms with E-state index in [0.29, 0.717) is 31.4 Å². The van der Waals surface area contributed by atoms with Gasteiger partial charge in [0.15, 0.2) is 0 Å². The van der Waals surface area contributed by atoms with Crippen molar-refractivity contribution in [2.45, 2.75) is 6.92 Å². The summed E-state index contributed by atoms with van der Waals surface area (Å²) in [5, 5.41) is 3.81. The highest BCUT2D eigenvalue weighted by Crippen LogP contribution is 2.36. The number of anilines is 1. The molecular weight excluding hydrogens is 401 g/mol. The van der Waals surface area contributed by atoms with Crippen LogP contribution in [0.4, 0.5) is 10.1 Å². The number of carbonyl (C=O) groups is 1. The second kappa shape index (κ2) is 7.53. The number of halogens is 2. The van der Waals surface area contributed by atoms with Crippen LogP contribution in [0.5, 0.6) is 11.8 Å². The predicted molar refractivity (Wildman–Crippen MR) is 108 cm³/mol. The first-order valence-corrected chi connectivity index (χ1v) is 9.45. The van der Waals surface area contributed by atoms with E-state index in [1.807, 2.05) is 6.92 Å². The summed E-state index contributed by atoms with van der Waals surface area (Å²) in [6, 6.07) is 11.4. The first-order valence-electron chi connectivity index (χ1n) is 8.25. The van der Waals surface area contributed by atoms with Crippen molar-refractivity contribution in [3.8, 4) is 11.8 Å². The first-order chi connectivity index (χ1) is 13.5. The third kappa shape index (κ3) is 3.67. The van der Waals surface area contributed by atoms with Gasteiger partial charge >= 0.3 is 6.01 Å². The molecule has 2 aromatic heterocycles. The zero-order chi connectivity index (χ0) is 19.7. The SMILES string of the molecule is Cc1cc(Oc2ncccn2)ccc1NC(=O)c1sc2cc(F)ccc2c1Cl. The van der Waals surface area contributed by atoms with E-state index in [4.69, 9.17) is 16.3 Å². The molecule has 0 unspecified atom stereocenters. The summed E-state index contributed by atoms with van der Waals surface area (Å²) in [5.41, 5.74) is 1.41. The Morgan fingerprint density at radius 3 is 2.71 bits per heavy atom. The van der Waals surface area contributed by atoms with Crippen molar-refractivity contribution in [1.82, 2.24) is 9.97 Å². The summed E-state index contributed by atoms with van der Waals surface area (Å²) < 4.78 is 19.6. The molecule has 4 aromatic rings. The Bertz CT molecular complexity index is 1180. The van der Waals surface area contributed by atoms with Gasteiger partial charge in [-0.25, -0.2) is 14.4 Å². The van der Waals surface area contributed by atoms with E-state index in [0.717, 1.165) is 16.9 Å². The van der Waals surface area contributed by atoms with Gasteiger partial charge in [-0.15, -0.1) is 11.3 Å². The maximum atomic E-state index is 13.4. The maximum Gasteiger partial charge on any atom is 0.321 e. The molecule has 0 aliphatic carbocycles. The number of hydrogen-bond acceptors (Lipinski definition) is 5. The molecule has 0 saturated carbocycles. The summed E-state index contributed by atoms with van der Waals surface area (Å²) in [4.78, 5) is 21.0. The Hall–Kier alpha value is -3.03. The van der Waals surface area contributed by atoms with Crippen LogP contribution in [0.3, 0.4) is 0 Å². The van der Waals surface area contributed by atoms with Crippen molar-refractivity contribution in [2.24, 2.45) is 0 Å². The highest BCUT2D eigenvalue weighted by Gasteiger charge is 2.18. The fourth-order valence-electron chi connectivity index (χ4n) is 2.65. The van der Waals surface area contributed by atoms with Gasteiger partial charge in [0.2, 0.25) is 0 Å². The van der Waals surface area contributed by atoms with Crippen molar-refractivity contribution < 1.29 is 13.9 Å².